The third kappa shape index (κ3) is 1.92. The standard InChI is InChI=1S/C14H11Cl2N3O/c1-19(2)12-9(15)5-3-7-11(12)18-14-8(13(7)20)4-6-10(16)17-14/h3-6H,1-2H3,(H,17,18,20). The Kier molecular flexibility index (Phi) is 3.07. The summed E-state index contributed by atoms with van der Waals surface area (Å²) in [7, 11) is 3.74. The van der Waals surface area contributed by atoms with Crippen LogP contribution in [0, 0.1) is 0 Å². The summed E-state index contributed by atoms with van der Waals surface area (Å²) < 4.78 is 0. The van der Waals surface area contributed by atoms with Gasteiger partial charge in [0.05, 0.1) is 21.6 Å². The highest BCUT2D eigenvalue weighted by Crippen LogP contribution is 2.31. The van der Waals surface area contributed by atoms with E-state index in [1.807, 2.05) is 19.0 Å². The molecule has 3 rings (SSSR count). The fourth-order valence-electron chi connectivity index (χ4n) is 2.30. The summed E-state index contributed by atoms with van der Waals surface area (Å²) in [5.41, 5.74) is 1.79. The van der Waals surface area contributed by atoms with E-state index < -0.39 is 0 Å². The average molecular weight is 308 g/mol. The highest BCUT2D eigenvalue weighted by molar-refractivity contribution is 6.35. The van der Waals surface area contributed by atoms with E-state index in [0.29, 0.717) is 32.1 Å². The number of rotatable bonds is 1. The molecule has 0 spiro atoms. The van der Waals surface area contributed by atoms with E-state index >= 15 is 0 Å². The predicted octanol–water partition coefficient (Wildman–Crippen LogP) is 3.45. The van der Waals surface area contributed by atoms with Gasteiger partial charge in [0, 0.05) is 19.5 Å². The number of aromatic amines is 1. The molecule has 2 heterocycles. The van der Waals surface area contributed by atoms with Crippen LogP contribution in [0.5, 0.6) is 0 Å². The molecule has 0 saturated heterocycles. The van der Waals surface area contributed by atoms with Gasteiger partial charge < -0.3 is 9.88 Å². The molecule has 0 amide bonds. The third-order valence-electron chi connectivity index (χ3n) is 3.17. The minimum atomic E-state index is -0.0855. The maximum atomic E-state index is 12.5. The lowest BCUT2D eigenvalue weighted by molar-refractivity contribution is 1.13. The van der Waals surface area contributed by atoms with E-state index in [0.717, 1.165) is 5.69 Å². The molecule has 0 unspecified atom stereocenters. The number of nitrogens with zero attached hydrogens (tertiary/aromatic N) is 2. The summed E-state index contributed by atoms with van der Waals surface area (Å²) >= 11 is 12.1. The first kappa shape index (κ1) is 13.2. The van der Waals surface area contributed by atoms with Gasteiger partial charge in [-0.2, -0.15) is 0 Å². The summed E-state index contributed by atoms with van der Waals surface area (Å²) in [5.74, 6) is 0. The summed E-state index contributed by atoms with van der Waals surface area (Å²) in [6.45, 7) is 0. The van der Waals surface area contributed by atoms with Gasteiger partial charge in [-0.25, -0.2) is 4.98 Å². The number of aromatic nitrogens is 2. The second-order valence-electron chi connectivity index (χ2n) is 4.70. The zero-order valence-corrected chi connectivity index (χ0v) is 12.4. The normalized spacial score (nSPS) is 11.2. The quantitative estimate of drug-likeness (QED) is 0.553. The summed E-state index contributed by atoms with van der Waals surface area (Å²) in [6.07, 6.45) is 0. The number of nitrogens with one attached hydrogen (secondary N) is 1. The Hall–Kier alpha value is -1.78. The first-order valence-electron chi connectivity index (χ1n) is 5.97. The summed E-state index contributed by atoms with van der Waals surface area (Å²) in [5, 5.41) is 1.99. The molecule has 0 aliphatic heterocycles. The molecule has 2 aromatic heterocycles. The largest absolute Gasteiger partial charge is 0.375 e. The number of fused-ring (bicyclic) bond motifs is 2. The van der Waals surface area contributed by atoms with Crippen molar-refractivity contribution in [1.29, 1.82) is 0 Å². The zero-order chi connectivity index (χ0) is 14.4. The van der Waals surface area contributed by atoms with Crippen LogP contribution < -0.4 is 10.3 Å². The Labute approximate surface area is 124 Å². The Morgan fingerprint density at radius 1 is 1.10 bits per heavy atom. The van der Waals surface area contributed by atoms with Gasteiger partial charge in [0.1, 0.15) is 10.8 Å². The number of hydrogen-bond acceptors (Lipinski definition) is 3. The van der Waals surface area contributed by atoms with Crippen molar-refractivity contribution >= 4 is 50.8 Å². The van der Waals surface area contributed by atoms with Crippen molar-refractivity contribution < 1.29 is 0 Å². The molecule has 1 aromatic carbocycles. The molecule has 20 heavy (non-hydrogen) atoms. The van der Waals surface area contributed by atoms with Gasteiger partial charge in [-0.15, -0.1) is 0 Å². The molecule has 102 valence electrons. The van der Waals surface area contributed by atoms with Gasteiger partial charge >= 0.3 is 0 Å². The highest BCUT2D eigenvalue weighted by Gasteiger charge is 2.13. The molecule has 6 heteroatoms. The van der Waals surface area contributed by atoms with Crippen LogP contribution in [0.15, 0.2) is 29.1 Å². The van der Waals surface area contributed by atoms with Crippen LogP contribution in [-0.4, -0.2) is 24.1 Å². The Balaban J connectivity index is 2.57. The van der Waals surface area contributed by atoms with Gasteiger partial charge in [-0.3, -0.25) is 4.79 Å². The fraction of sp³-hybridized carbons (Fsp3) is 0.143. The van der Waals surface area contributed by atoms with E-state index in [1.165, 1.54) is 0 Å². The number of halogens is 2. The van der Waals surface area contributed by atoms with Crippen LogP contribution in [0.2, 0.25) is 10.2 Å². The molecule has 4 nitrogen and oxygen atoms in total. The molecule has 0 atom stereocenters. The minimum Gasteiger partial charge on any atom is -0.375 e. The zero-order valence-electron chi connectivity index (χ0n) is 10.9. The van der Waals surface area contributed by atoms with Crippen molar-refractivity contribution in [2.45, 2.75) is 0 Å². The Morgan fingerprint density at radius 2 is 1.80 bits per heavy atom. The van der Waals surface area contributed by atoms with Gasteiger partial charge in [-0.05, 0) is 24.3 Å². The number of hydrogen-bond donors (Lipinski definition) is 1. The molecule has 0 aliphatic carbocycles. The molecular formula is C14H11Cl2N3O. The maximum Gasteiger partial charge on any atom is 0.198 e. The van der Waals surface area contributed by atoms with Crippen molar-refractivity contribution in [3.63, 3.8) is 0 Å². The van der Waals surface area contributed by atoms with Crippen molar-refractivity contribution in [3.05, 3.63) is 44.7 Å². The van der Waals surface area contributed by atoms with E-state index in [4.69, 9.17) is 23.2 Å². The topological polar surface area (TPSA) is 49.0 Å². The first-order valence-corrected chi connectivity index (χ1v) is 6.72. The summed E-state index contributed by atoms with van der Waals surface area (Å²) in [6, 6.07) is 6.72. The van der Waals surface area contributed by atoms with E-state index in [9.17, 15) is 4.79 Å². The second kappa shape index (κ2) is 4.65. The predicted molar refractivity (Wildman–Crippen MR) is 84.2 cm³/mol. The number of pyridine rings is 2. The fourth-order valence-corrected chi connectivity index (χ4v) is 2.77. The van der Waals surface area contributed by atoms with Crippen LogP contribution in [-0.2, 0) is 0 Å². The van der Waals surface area contributed by atoms with E-state index in [-0.39, 0.29) is 5.43 Å². The molecule has 3 aromatic rings. The SMILES string of the molecule is CN(C)c1c(Cl)ccc2c(=O)c3ccc(Cl)nc3[nH]c12. The van der Waals surface area contributed by atoms with Gasteiger partial charge in [0.2, 0.25) is 0 Å². The average Bonchev–Trinajstić information content (AvgIpc) is 2.37. The van der Waals surface area contributed by atoms with Crippen LogP contribution >= 0.6 is 23.2 Å². The Bertz CT molecular complexity index is 887. The van der Waals surface area contributed by atoms with Crippen molar-refractivity contribution in [1.82, 2.24) is 9.97 Å². The van der Waals surface area contributed by atoms with Crippen molar-refractivity contribution in [2.24, 2.45) is 0 Å². The number of anilines is 1. The van der Waals surface area contributed by atoms with Gasteiger partial charge in [0.25, 0.3) is 0 Å². The number of H-pyrrole nitrogens is 1. The molecule has 0 radical (unpaired) electrons. The van der Waals surface area contributed by atoms with Crippen LogP contribution in [0.4, 0.5) is 5.69 Å². The molecular weight excluding hydrogens is 297 g/mol. The second-order valence-corrected chi connectivity index (χ2v) is 5.49. The first-order chi connectivity index (χ1) is 9.49. The van der Waals surface area contributed by atoms with Gasteiger partial charge in [0.15, 0.2) is 5.43 Å². The molecule has 1 N–H and O–H groups in total. The maximum absolute atomic E-state index is 12.5. The molecule has 0 aliphatic rings. The van der Waals surface area contributed by atoms with Crippen LogP contribution in [0.25, 0.3) is 21.9 Å². The van der Waals surface area contributed by atoms with E-state index in [1.54, 1.807) is 24.3 Å². The van der Waals surface area contributed by atoms with E-state index in [2.05, 4.69) is 9.97 Å². The third-order valence-corrected chi connectivity index (χ3v) is 3.69. The molecule has 0 bridgehead atoms. The molecule has 0 saturated carbocycles. The van der Waals surface area contributed by atoms with Gasteiger partial charge in [-0.1, -0.05) is 23.2 Å². The monoisotopic (exact) mass is 307 g/mol. The van der Waals surface area contributed by atoms with Crippen molar-refractivity contribution in [2.75, 3.05) is 19.0 Å². The lowest BCUT2D eigenvalue weighted by Crippen LogP contribution is -2.13. The lowest BCUT2D eigenvalue weighted by atomic mass is 10.1. The Morgan fingerprint density at radius 3 is 2.50 bits per heavy atom. The minimum absolute atomic E-state index is 0.0855. The van der Waals surface area contributed by atoms with Crippen molar-refractivity contribution in [3.8, 4) is 0 Å². The highest BCUT2D eigenvalue weighted by atomic mass is 35.5. The summed E-state index contributed by atoms with van der Waals surface area (Å²) in [4.78, 5) is 21.7. The smallest absolute Gasteiger partial charge is 0.198 e. The van der Waals surface area contributed by atoms with Crippen LogP contribution in [0.1, 0.15) is 0 Å². The number of benzene rings is 1. The van der Waals surface area contributed by atoms with Crippen LogP contribution in [0.3, 0.4) is 0 Å². The molecule has 0 fully saturated rings. The lowest BCUT2D eigenvalue weighted by Gasteiger charge is -2.17.